The Labute approximate surface area is 121 Å². The maximum absolute atomic E-state index is 5.95. The van der Waals surface area contributed by atoms with Gasteiger partial charge in [-0.15, -0.1) is 0 Å². The van der Waals surface area contributed by atoms with Gasteiger partial charge in [0.1, 0.15) is 5.60 Å². The van der Waals surface area contributed by atoms with Crippen LogP contribution >= 0.6 is 0 Å². The first-order chi connectivity index (χ1) is 9.60. The second kappa shape index (κ2) is 6.22. The van der Waals surface area contributed by atoms with Crippen molar-refractivity contribution in [2.75, 3.05) is 19.7 Å². The first-order valence-corrected chi connectivity index (χ1v) is 7.79. The van der Waals surface area contributed by atoms with Crippen molar-refractivity contribution < 1.29 is 9.26 Å². The molecule has 5 nitrogen and oxygen atoms in total. The van der Waals surface area contributed by atoms with Crippen molar-refractivity contribution >= 4 is 0 Å². The van der Waals surface area contributed by atoms with E-state index < -0.39 is 5.60 Å². The smallest absolute Gasteiger partial charge is 0.233 e. The summed E-state index contributed by atoms with van der Waals surface area (Å²) < 4.78 is 11.5. The van der Waals surface area contributed by atoms with Gasteiger partial charge in [-0.2, -0.15) is 4.98 Å². The summed E-state index contributed by atoms with van der Waals surface area (Å²) in [6.45, 7) is 11.0. The van der Waals surface area contributed by atoms with Gasteiger partial charge in [0, 0.05) is 13.2 Å². The van der Waals surface area contributed by atoms with Crippen LogP contribution in [0.25, 0.3) is 0 Å². The van der Waals surface area contributed by atoms with Gasteiger partial charge in [-0.1, -0.05) is 19.0 Å². The normalized spacial score (nSPS) is 24.0. The molecule has 2 rings (SSSR count). The molecule has 1 saturated heterocycles. The highest BCUT2D eigenvalue weighted by molar-refractivity contribution is 5.09. The second-order valence-electron chi connectivity index (χ2n) is 5.90. The Bertz CT molecular complexity index is 421. The third-order valence-electron chi connectivity index (χ3n) is 4.51. The van der Waals surface area contributed by atoms with Crippen LogP contribution in [0.2, 0.25) is 0 Å². The van der Waals surface area contributed by atoms with E-state index in [1.807, 2.05) is 6.92 Å². The van der Waals surface area contributed by atoms with Crippen LogP contribution in [0.4, 0.5) is 0 Å². The van der Waals surface area contributed by atoms with Gasteiger partial charge in [-0.05, 0) is 46.1 Å². The fourth-order valence-corrected chi connectivity index (χ4v) is 3.00. The topological polar surface area (TPSA) is 60.2 Å². The zero-order valence-electron chi connectivity index (χ0n) is 13.2. The van der Waals surface area contributed by atoms with Crippen LogP contribution in [-0.4, -0.2) is 29.8 Å². The lowest BCUT2D eigenvalue weighted by Crippen LogP contribution is -2.41. The Hall–Kier alpha value is -0.940. The first-order valence-electron chi connectivity index (χ1n) is 7.79. The summed E-state index contributed by atoms with van der Waals surface area (Å²) in [7, 11) is 0. The highest BCUT2D eigenvalue weighted by Crippen LogP contribution is 2.34. The minimum absolute atomic E-state index is 0.0526. The van der Waals surface area contributed by atoms with Crippen molar-refractivity contribution in [3.63, 3.8) is 0 Å². The number of ether oxygens (including phenoxy) is 1. The molecule has 20 heavy (non-hydrogen) atoms. The SMILES string of the molecule is CCOC(CC)(CC)c1noc(C2(C)CCCNC2)n1. The highest BCUT2D eigenvalue weighted by atomic mass is 16.5. The lowest BCUT2D eigenvalue weighted by molar-refractivity contribution is -0.0583. The molecule has 0 aromatic carbocycles. The number of aromatic nitrogens is 2. The molecular formula is C15H27N3O2. The molecule has 1 aromatic rings. The Morgan fingerprint density at radius 3 is 2.65 bits per heavy atom. The van der Waals surface area contributed by atoms with Gasteiger partial charge < -0.3 is 14.6 Å². The van der Waals surface area contributed by atoms with Crippen LogP contribution in [-0.2, 0) is 15.8 Å². The highest BCUT2D eigenvalue weighted by Gasteiger charge is 2.39. The van der Waals surface area contributed by atoms with Crippen molar-refractivity contribution in [2.24, 2.45) is 0 Å². The van der Waals surface area contributed by atoms with Crippen LogP contribution in [0.3, 0.4) is 0 Å². The van der Waals surface area contributed by atoms with E-state index in [-0.39, 0.29) is 5.41 Å². The number of nitrogens with zero attached hydrogens (tertiary/aromatic N) is 2. The van der Waals surface area contributed by atoms with Gasteiger partial charge in [0.05, 0.1) is 5.41 Å². The molecule has 1 fully saturated rings. The maximum atomic E-state index is 5.95. The Morgan fingerprint density at radius 2 is 2.10 bits per heavy atom. The molecule has 5 heteroatoms. The molecule has 1 aromatic heterocycles. The zero-order chi connectivity index (χ0) is 14.6. The molecule has 1 unspecified atom stereocenters. The predicted molar refractivity (Wildman–Crippen MR) is 77.6 cm³/mol. The largest absolute Gasteiger partial charge is 0.367 e. The van der Waals surface area contributed by atoms with E-state index in [9.17, 15) is 0 Å². The van der Waals surface area contributed by atoms with E-state index in [1.54, 1.807) is 0 Å². The average molecular weight is 281 g/mol. The van der Waals surface area contributed by atoms with Gasteiger partial charge in [0.2, 0.25) is 11.7 Å². The van der Waals surface area contributed by atoms with Crippen molar-refractivity contribution in [1.82, 2.24) is 15.5 Å². The van der Waals surface area contributed by atoms with E-state index in [1.165, 1.54) is 0 Å². The molecule has 2 heterocycles. The van der Waals surface area contributed by atoms with Crippen molar-refractivity contribution in [3.05, 3.63) is 11.7 Å². The van der Waals surface area contributed by atoms with E-state index in [0.717, 1.165) is 44.7 Å². The number of piperidine rings is 1. The maximum Gasteiger partial charge on any atom is 0.233 e. The van der Waals surface area contributed by atoms with Gasteiger partial charge in [-0.25, -0.2) is 0 Å². The fourth-order valence-electron chi connectivity index (χ4n) is 3.00. The van der Waals surface area contributed by atoms with Crippen LogP contribution in [0.1, 0.15) is 65.1 Å². The molecule has 0 spiro atoms. The van der Waals surface area contributed by atoms with Crippen LogP contribution in [0.15, 0.2) is 4.52 Å². The molecule has 0 bridgehead atoms. The lowest BCUT2D eigenvalue weighted by Gasteiger charge is -2.30. The van der Waals surface area contributed by atoms with Crippen molar-refractivity contribution in [2.45, 2.75) is 64.4 Å². The Morgan fingerprint density at radius 1 is 1.35 bits per heavy atom. The summed E-state index contributed by atoms with van der Waals surface area (Å²) in [4.78, 5) is 4.70. The number of hydrogen-bond acceptors (Lipinski definition) is 5. The van der Waals surface area contributed by atoms with E-state index in [2.05, 4.69) is 31.2 Å². The molecule has 0 aliphatic carbocycles. The Balaban J connectivity index is 2.26. The van der Waals surface area contributed by atoms with Crippen LogP contribution < -0.4 is 5.32 Å². The molecule has 1 N–H and O–H groups in total. The molecule has 1 aliphatic heterocycles. The number of nitrogens with one attached hydrogen (secondary N) is 1. The zero-order valence-corrected chi connectivity index (χ0v) is 13.2. The summed E-state index contributed by atoms with van der Waals surface area (Å²) >= 11 is 0. The van der Waals surface area contributed by atoms with Gasteiger partial charge in [0.25, 0.3) is 0 Å². The summed E-state index contributed by atoms with van der Waals surface area (Å²) in [5.41, 5.74) is -0.460. The second-order valence-corrected chi connectivity index (χ2v) is 5.90. The van der Waals surface area contributed by atoms with E-state index in [4.69, 9.17) is 14.2 Å². The molecule has 114 valence electrons. The monoisotopic (exact) mass is 281 g/mol. The van der Waals surface area contributed by atoms with E-state index in [0.29, 0.717) is 12.4 Å². The summed E-state index contributed by atoms with van der Waals surface area (Å²) in [5.74, 6) is 1.44. The van der Waals surface area contributed by atoms with Crippen molar-refractivity contribution in [1.29, 1.82) is 0 Å². The van der Waals surface area contributed by atoms with Gasteiger partial charge in [0.15, 0.2) is 0 Å². The minimum Gasteiger partial charge on any atom is -0.367 e. The van der Waals surface area contributed by atoms with Crippen molar-refractivity contribution in [3.8, 4) is 0 Å². The fraction of sp³-hybridized carbons (Fsp3) is 0.867. The molecular weight excluding hydrogens is 254 g/mol. The van der Waals surface area contributed by atoms with E-state index >= 15 is 0 Å². The summed E-state index contributed by atoms with van der Waals surface area (Å²) in [5, 5.41) is 7.65. The molecule has 0 saturated carbocycles. The third kappa shape index (κ3) is 2.74. The Kier molecular flexibility index (Phi) is 4.81. The number of rotatable bonds is 6. The third-order valence-corrected chi connectivity index (χ3v) is 4.51. The van der Waals surface area contributed by atoms with Gasteiger partial charge >= 0.3 is 0 Å². The average Bonchev–Trinajstić information content (AvgIpc) is 2.97. The minimum atomic E-state index is -0.408. The molecule has 0 radical (unpaired) electrons. The first kappa shape index (κ1) is 15.4. The van der Waals surface area contributed by atoms with Crippen LogP contribution in [0.5, 0.6) is 0 Å². The van der Waals surface area contributed by atoms with Crippen LogP contribution in [0, 0.1) is 0 Å². The van der Waals surface area contributed by atoms with Gasteiger partial charge in [-0.3, -0.25) is 0 Å². The lowest BCUT2D eigenvalue weighted by atomic mass is 9.82. The number of hydrogen-bond donors (Lipinski definition) is 1. The molecule has 0 amide bonds. The summed E-state index contributed by atoms with van der Waals surface area (Å²) in [6.07, 6.45) is 3.93. The molecule has 1 aliphatic rings. The quantitative estimate of drug-likeness (QED) is 0.868. The summed E-state index contributed by atoms with van der Waals surface area (Å²) in [6, 6.07) is 0. The molecule has 1 atom stereocenters. The standard InChI is InChI=1S/C15H27N3O2/c1-5-15(6-2,19-7-3)12-17-13(20-18-12)14(4)9-8-10-16-11-14/h16H,5-11H2,1-4H3. The predicted octanol–water partition coefficient (Wildman–Crippen LogP) is 2.76.